The molecule has 1 heteroatoms. The molecule has 0 saturated heterocycles. The van der Waals surface area contributed by atoms with Crippen LogP contribution in [0.2, 0.25) is 0 Å². The van der Waals surface area contributed by atoms with Crippen molar-refractivity contribution in [2.45, 2.75) is 25.7 Å². The first kappa shape index (κ1) is 38.7. The minimum absolute atomic E-state index is 0.159. The van der Waals surface area contributed by atoms with E-state index in [1.165, 1.54) is 106 Å². The average Bonchev–Trinajstić information content (AvgIpc) is 3.63. The highest BCUT2D eigenvalue weighted by Crippen LogP contribution is 2.56. The Labute approximate surface area is 382 Å². The van der Waals surface area contributed by atoms with Gasteiger partial charge in [0.1, 0.15) is 0 Å². The van der Waals surface area contributed by atoms with Crippen molar-refractivity contribution in [2.24, 2.45) is 0 Å². The Morgan fingerprint density at radius 3 is 1.48 bits per heavy atom. The van der Waals surface area contributed by atoms with E-state index in [-0.39, 0.29) is 5.41 Å². The average molecular weight is 830 g/mol. The second-order valence-electron chi connectivity index (χ2n) is 18.0. The van der Waals surface area contributed by atoms with Crippen molar-refractivity contribution >= 4 is 17.1 Å². The van der Waals surface area contributed by atoms with Crippen molar-refractivity contribution in [3.05, 3.63) is 259 Å². The zero-order valence-electron chi connectivity index (χ0n) is 36.7. The molecular weight excluding hydrogens is 783 g/mol. The van der Waals surface area contributed by atoms with E-state index in [0.717, 1.165) is 17.8 Å². The lowest BCUT2D eigenvalue weighted by Crippen LogP contribution is -2.16. The molecule has 12 rings (SSSR count). The van der Waals surface area contributed by atoms with Crippen molar-refractivity contribution in [1.29, 1.82) is 0 Å². The number of fused-ring (bicyclic) bond motifs is 10. The van der Waals surface area contributed by atoms with Crippen LogP contribution in [0.15, 0.2) is 237 Å². The van der Waals surface area contributed by atoms with E-state index < -0.39 is 0 Å². The Balaban J connectivity index is 1.19. The summed E-state index contributed by atoms with van der Waals surface area (Å²) in [5.74, 6) is 0. The molecule has 1 nitrogen and oxygen atoms in total. The van der Waals surface area contributed by atoms with Crippen LogP contribution in [0.3, 0.4) is 0 Å². The number of rotatable bonds is 6. The molecule has 0 N–H and O–H groups in total. The highest BCUT2D eigenvalue weighted by Gasteiger charge is 2.38. The van der Waals surface area contributed by atoms with Crippen LogP contribution in [0.4, 0.5) is 17.1 Å². The first-order valence-electron chi connectivity index (χ1n) is 22.8. The van der Waals surface area contributed by atoms with Crippen LogP contribution in [0, 0.1) is 0 Å². The van der Waals surface area contributed by atoms with Crippen LogP contribution in [0.25, 0.3) is 77.9 Å². The fourth-order valence-electron chi connectivity index (χ4n) is 10.8. The molecular formula is C64H47N. The van der Waals surface area contributed by atoms with Gasteiger partial charge in [0, 0.05) is 22.2 Å². The molecule has 2 aliphatic rings. The standard InChI is InChI=1S/C64H47N/c1-64(2)58-31-15-14-30-56(58)63-59(64)32-18-34-61(63)65(51-27-16-25-46(41-51)43-19-6-3-7-20-43)60-33-17-26-49-40-50-39-47(44-21-8-4-9-22-44)35-37-52(50)53-28-12-13-29-54(53)57-42-48(36-38-55(57)62(49)60)45-23-10-5-11-24-45/h3-39,41-42H,40H2,1-2H3. The maximum absolute atomic E-state index is 2.57. The van der Waals surface area contributed by atoms with Crippen LogP contribution in [0.5, 0.6) is 0 Å². The molecule has 0 heterocycles. The second-order valence-corrected chi connectivity index (χ2v) is 18.0. The van der Waals surface area contributed by atoms with E-state index in [2.05, 4.69) is 255 Å². The molecule has 0 saturated carbocycles. The third-order valence-electron chi connectivity index (χ3n) is 13.9. The summed E-state index contributed by atoms with van der Waals surface area (Å²) in [6.45, 7) is 4.75. The summed E-state index contributed by atoms with van der Waals surface area (Å²) in [4.78, 5) is 2.57. The fourth-order valence-corrected chi connectivity index (χ4v) is 10.8. The van der Waals surface area contributed by atoms with Gasteiger partial charge in [-0.25, -0.2) is 0 Å². The normalized spacial score (nSPS) is 12.8. The highest BCUT2D eigenvalue weighted by atomic mass is 15.1. The van der Waals surface area contributed by atoms with Crippen molar-refractivity contribution in [2.75, 3.05) is 4.90 Å². The molecule has 10 aromatic rings. The van der Waals surface area contributed by atoms with Gasteiger partial charge >= 0.3 is 0 Å². The number of benzene rings is 10. The predicted molar refractivity (Wildman–Crippen MR) is 274 cm³/mol. The Bertz CT molecular complexity index is 3420. The largest absolute Gasteiger partial charge is 0.309 e. The maximum atomic E-state index is 2.57. The molecule has 308 valence electrons. The Hall–Kier alpha value is -8.00. The predicted octanol–water partition coefficient (Wildman–Crippen LogP) is 17.4. The third kappa shape index (κ3) is 6.54. The Morgan fingerprint density at radius 1 is 0.308 bits per heavy atom. The van der Waals surface area contributed by atoms with E-state index in [1.807, 2.05) is 0 Å². The summed E-state index contributed by atoms with van der Waals surface area (Å²) < 4.78 is 0. The molecule has 0 unspecified atom stereocenters. The summed E-state index contributed by atoms with van der Waals surface area (Å²) in [7, 11) is 0. The summed E-state index contributed by atoms with van der Waals surface area (Å²) in [5, 5.41) is 0. The second kappa shape index (κ2) is 15.7. The first-order chi connectivity index (χ1) is 32.0. The van der Waals surface area contributed by atoms with Gasteiger partial charge in [-0.05, 0) is 126 Å². The van der Waals surface area contributed by atoms with Crippen LogP contribution in [0.1, 0.15) is 36.1 Å². The van der Waals surface area contributed by atoms with Gasteiger partial charge in [0.25, 0.3) is 0 Å². The summed E-state index contributed by atoms with van der Waals surface area (Å²) >= 11 is 0. The SMILES string of the molecule is CC1(C)c2ccccc2-c2c(N(c3cccc(-c4ccccc4)c3)c3cccc4c3-c3ccc(-c5ccccc5)cc3-c3ccccc3-c3ccc(-c5ccccc5)cc3C4)cccc21. The van der Waals surface area contributed by atoms with Crippen LogP contribution in [-0.2, 0) is 11.8 Å². The number of hydrogen-bond acceptors (Lipinski definition) is 1. The zero-order valence-corrected chi connectivity index (χ0v) is 36.7. The lowest BCUT2D eigenvalue weighted by Gasteiger charge is -2.32. The number of nitrogens with zero attached hydrogens (tertiary/aromatic N) is 1. The molecule has 0 spiro atoms. The van der Waals surface area contributed by atoms with Gasteiger partial charge in [-0.15, -0.1) is 0 Å². The smallest absolute Gasteiger partial charge is 0.0543 e. The molecule has 0 fully saturated rings. The van der Waals surface area contributed by atoms with Crippen LogP contribution in [-0.4, -0.2) is 0 Å². The fraction of sp³-hybridized carbons (Fsp3) is 0.0625. The summed E-state index contributed by atoms with van der Waals surface area (Å²) in [5.41, 5.74) is 25.8. The van der Waals surface area contributed by atoms with Crippen molar-refractivity contribution in [3.8, 4) is 77.9 Å². The lowest BCUT2D eigenvalue weighted by atomic mass is 9.82. The quantitative estimate of drug-likeness (QED) is 0.161. The molecule has 0 aliphatic heterocycles. The molecule has 0 bridgehead atoms. The van der Waals surface area contributed by atoms with E-state index in [0.29, 0.717) is 0 Å². The van der Waals surface area contributed by atoms with E-state index in [1.54, 1.807) is 0 Å². The molecule has 0 radical (unpaired) electrons. The Morgan fingerprint density at radius 2 is 0.800 bits per heavy atom. The lowest BCUT2D eigenvalue weighted by molar-refractivity contribution is 0.660. The van der Waals surface area contributed by atoms with Gasteiger partial charge in [0.2, 0.25) is 0 Å². The summed E-state index contributed by atoms with van der Waals surface area (Å²) in [6, 6.07) is 87.8. The minimum Gasteiger partial charge on any atom is -0.309 e. The topological polar surface area (TPSA) is 3.24 Å². The molecule has 0 aromatic heterocycles. The van der Waals surface area contributed by atoms with Gasteiger partial charge in [-0.1, -0.05) is 220 Å². The molecule has 0 amide bonds. The highest BCUT2D eigenvalue weighted by molar-refractivity contribution is 6.03. The van der Waals surface area contributed by atoms with Crippen molar-refractivity contribution in [1.82, 2.24) is 0 Å². The van der Waals surface area contributed by atoms with E-state index >= 15 is 0 Å². The van der Waals surface area contributed by atoms with Crippen molar-refractivity contribution in [3.63, 3.8) is 0 Å². The van der Waals surface area contributed by atoms with Crippen LogP contribution >= 0.6 is 0 Å². The number of anilines is 3. The van der Waals surface area contributed by atoms with E-state index in [9.17, 15) is 0 Å². The molecule has 2 aliphatic carbocycles. The summed E-state index contributed by atoms with van der Waals surface area (Å²) in [6.07, 6.45) is 0.758. The van der Waals surface area contributed by atoms with Gasteiger partial charge in [0.05, 0.1) is 11.4 Å². The van der Waals surface area contributed by atoms with Crippen LogP contribution < -0.4 is 4.90 Å². The monoisotopic (exact) mass is 829 g/mol. The minimum atomic E-state index is -0.159. The number of hydrogen-bond donors (Lipinski definition) is 0. The van der Waals surface area contributed by atoms with Crippen molar-refractivity contribution < 1.29 is 0 Å². The van der Waals surface area contributed by atoms with Gasteiger partial charge in [0.15, 0.2) is 0 Å². The molecule has 10 aromatic carbocycles. The zero-order chi connectivity index (χ0) is 43.5. The molecule has 0 atom stereocenters. The first-order valence-corrected chi connectivity index (χ1v) is 22.8. The van der Waals surface area contributed by atoms with E-state index in [4.69, 9.17) is 0 Å². The van der Waals surface area contributed by atoms with Gasteiger partial charge < -0.3 is 4.90 Å². The third-order valence-corrected chi connectivity index (χ3v) is 13.9. The molecule has 65 heavy (non-hydrogen) atoms. The van der Waals surface area contributed by atoms with Gasteiger partial charge in [-0.2, -0.15) is 0 Å². The van der Waals surface area contributed by atoms with Gasteiger partial charge in [-0.3, -0.25) is 0 Å². The Kier molecular flexibility index (Phi) is 9.31. The maximum Gasteiger partial charge on any atom is 0.0543 e.